The molecule has 0 aliphatic carbocycles. The van der Waals surface area contributed by atoms with E-state index in [1.807, 2.05) is 12.1 Å². The van der Waals surface area contributed by atoms with Gasteiger partial charge in [-0.2, -0.15) is 9.29 Å². The second kappa shape index (κ2) is 9.06. The van der Waals surface area contributed by atoms with Crippen molar-refractivity contribution in [2.24, 2.45) is 0 Å². The summed E-state index contributed by atoms with van der Waals surface area (Å²) in [6.45, 7) is -0.264. The van der Waals surface area contributed by atoms with E-state index in [4.69, 9.17) is 9.26 Å². The lowest BCUT2D eigenvalue weighted by Crippen LogP contribution is -2.39. The summed E-state index contributed by atoms with van der Waals surface area (Å²) < 4.78 is 36.6. The van der Waals surface area contributed by atoms with Crippen molar-refractivity contribution in [1.82, 2.24) is 19.3 Å². The van der Waals surface area contributed by atoms with Crippen molar-refractivity contribution in [2.45, 2.75) is 11.4 Å². The maximum atomic E-state index is 12.6. The molecule has 1 aromatic heterocycles. The van der Waals surface area contributed by atoms with Crippen molar-refractivity contribution in [3.8, 4) is 17.1 Å². The van der Waals surface area contributed by atoms with Crippen molar-refractivity contribution in [3.05, 3.63) is 60.5 Å². The van der Waals surface area contributed by atoms with Gasteiger partial charge in [0, 0.05) is 19.7 Å². The number of rotatable bonds is 8. The third-order valence-electron chi connectivity index (χ3n) is 4.40. The molecule has 30 heavy (non-hydrogen) atoms. The van der Waals surface area contributed by atoms with Crippen LogP contribution in [0.15, 0.2) is 64.0 Å². The second-order valence-electron chi connectivity index (χ2n) is 6.57. The fraction of sp³-hybridized carbons (Fsp3) is 0.250. The molecule has 2 aromatic carbocycles. The summed E-state index contributed by atoms with van der Waals surface area (Å²) in [5.41, 5.74) is 0.715. The molecule has 3 rings (SSSR count). The van der Waals surface area contributed by atoms with Gasteiger partial charge in [0.1, 0.15) is 5.75 Å². The van der Waals surface area contributed by atoms with E-state index in [1.54, 1.807) is 44.5 Å². The number of aromatic nitrogens is 2. The Labute approximate surface area is 174 Å². The highest BCUT2D eigenvalue weighted by Crippen LogP contribution is 2.21. The zero-order chi connectivity index (χ0) is 21.7. The molecule has 0 atom stereocenters. The van der Waals surface area contributed by atoms with Gasteiger partial charge in [0.2, 0.25) is 27.6 Å². The first-order valence-electron chi connectivity index (χ1n) is 9.03. The number of carbonyl (C=O) groups is 1. The molecule has 1 amide bonds. The normalized spacial score (nSPS) is 11.5. The lowest BCUT2D eigenvalue weighted by molar-refractivity contribution is -0.130. The van der Waals surface area contributed by atoms with E-state index < -0.39 is 15.9 Å². The van der Waals surface area contributed by atoms with Gasteiger partial charge in [-0.15, -0.1) is 0 Å². The highest BCUT2D eigenvalue weighted by Gasteiger charge is 2.24. The van der Waals surface area contributed by atoms with Crippen LogP contribution in [-0.4, -0.2) is 61.4 Å². The number of ether oxygens (including phenoxy) is 1. The van der Waals surface area contributed by atoms with Crippen LogP contribution in [0, 0.1) is 0 Å². The van der Waals surface area contributed by atoms with Crippen LogP contribution in [0.1, 0.15) is 5.89 Å². The number of amides is 1. The lowest BCUT2D eigenvalue weighted by Gasteiger charge is -2.20. The molecule has 1 heterocycles. The van der Waals surface area contributed by atoms with Gasteiger partial charge < -0.3 is 14.2 Å². The van der Waals surface area contributed by atoms with E-state index in [2.05, 4.69) is 10.1 Å². The van der Waals surface area contributed by atoms with Crippen molar-refractivity contribution in [3.63, 3.8) is 0 Å². The highest BCUT2D eigenvalue weighted by molar-refractivity contribution is 7.89. The first-order valence-corrected chi connectivity index (χ1v) is 10.5. The average molecular weight is 430 g/mol. The van der Waals surface area contributed by atoms with Crippen LogP contribution in [-0.2, 0) is 21.4 Å². The number of sulfonamides is 1. The van der Waals surface area contributed by atoms with Crippen LogP contribution in [0.25, 0.3) is 11.4 Å². The Morgan fingerprint density at radius 1 is 1.10 bits per heavy atom. The monoisotopic (exact) mass is 430 g/mol. The molecule has 0 radical (unpaired) electrons. The first kappa shape index (κ1) is 21.5. The summed E-state index contributed by atoms with van der Waals surface area (Å²) in [6, 6.07) is 15.1. The molecular weight excluding hydrogens is 408 g/mol. The predicted octanol–water partition coefficient (Wildman–Crippen LogP) is 2.02. The Hall–Kier alpha value is -3.24. The van der Waals surface area contributed by atoms with Crippen LogP contribution >= 0.6 is 0 Å². The summed E-state index contributed by atoms with van der Waals surface area (Å²) in [4.78, 5) is 18.3. The van der Waals surface area contributed by atoms with E-state index in [1.165, 1.54) is 24.1 Å². The van der Waals surface area contributed by atoms with Gasteiger partial charge in [0.25, 0.3) is 0 Å². The van der Waals surface area contributed by atoms with Crippen molar-refractivity contribution in [1.29, 1.82) is 0 Å². The van der Waals surface area contributed by atoms with E-state index in [9.17, 15) is 13.2 Å². The molecule has 0 unspecified atom stereocenters. The number of hydrogen-bond acceptors (Lipinski definition) is 7. The van der Waals surface area contributed by atoms with Gasteiger partial charge in [0.15, 0.2) is 0 Å². The smallest absolute Gasteiger partial charge is 0.246 e. The fourth-order valence-electron chi connectivity index (χ4n) is 2.66. The van der Waals surface area contributed by atoms with Crippen LogP contribution in [0.2, 0.25) is 0 Å². The summed E-state index contributed by atoms with van der Waals surface area (Å²) in [7, 11) is 0.715. The Kier molecular flexibility index (Phi) is 6.48. The third-order valence-corrected chi connectivity index (χ3v) is 6.22. The molecule has 0 spiro atoms. The molecule has 158 valence electrons. The third kappa shape index (κ3) is 4.84. The van der Waals surface area contributed by atoms with E-state index in [0.717, 1.165) is 4.31 Å². The molecule has 0 saturated carbocycles. The maximum absolute atomic E-state index is 12.6. The number of nitrogens with zero attached hydrogens (tertiary/aromatic N) is 4. The van der Waals surface area contributed by atoms with E-state index >= 15 is 0 Å². The SMILES string of the molecule is COc1cccc(-c2noc(CN(C)C(=O)CN(C)S(=O)(=O)c3ccccc3)n2)c1. The predicted molar refractivity (Wildman–Crippen MR) is 109 cm³/mol. The molecule has 9 nitrogen and oxygen atoms in total. The van der Waals surface area contributed by atoms with Gasteiger partial charge in [-0.05, 0) is 24.3 Å². The molecule has 10 heteroatoms. The van der Waals surface area contributed by atoms with Gasteiger partial charge in [-0.1, -0.05) is 35.5 Å². The Bertz CT molecular complexity index is 1110. The molecule has 0 fully saturated rings. The van der Waals surface area contributed by atoms with Gasteiger partial charge in [-0.25, -0.2) is 8.42 Å². The summed E-state index contributed by atoms with van der Waals surface area (Å²) in [5.74, 6) is 0.859. The molecule has 0 aliphatic rings. The summed E-state index contributed by atoms with van der Waals surface area (Å²) in [5, 5.41) is 3.93. The minimum Gasteiger partial charge on any atom is -0.497 e. The number of likely N-dealkylation sites (N-methyl/N-ethyl adjacent to an activating group) is 2. The molecule has 3 aromatic rings. The molecule has 0 saturated heterocycles. The fourth-order valence-corrected chi connectivity index (χ4v) is 3.80. The minimum atomic E-state index is -3.76. The average Bonchev–Trinajstić information content (AvgIpc) is 3.22. The summed E-state index contributed by atoms with van der Waals surface area (Å²) in [6.07, 6.45) is 0. The van der Waals surface area contributed by atoms with Gasteiger partial charge >= 0.3 is 0 Å². The number of carbonyl (C=O) groups excluding carboxylic acids is 1. The van der Waals surface area contributed by atoms with Crippen molar-refractivity contribution < 1.29 is 22.5 Å². The number of hydrogen-bond donors (Lipinski definition) is 0. The standard InChI is InChI=1S/C20H22N4O5S/c1-23(19(25)14-24(2)30(26,27)17-10-5-4-6-11-17)13-18-21-20(22-29-18)15-8-7-9-16(12-15)28-3/h4-12H,13-14H2,1-3H3. The Morgan fingerprint density at radius 2 is 1.83 bits per heavy atom. The van der Waals surface area contributed by atoms with Crippen molar-refractivity contribution in [2.75, 3.05) is 27.7 Å². The molecule has 0 N–H and O–H groups in total. The summed E-state index contributed by atoms with van der Waals surface area (Å²) >= 11 is 0. The van der Waals surface area contributed by atoms with Gasteiger partial charge in [0.05, 0.1) is 25.1 Å². The van der Waals surface area contributed by atoms with E-state index in [-0.39, 0.29) is 23.9 Å². The Morgan fingerprint density at radius 3 is 2.53 bits per heavy atom. The Balaban J connectivity index is 1.64. The largest absolute Gasteiger partial charge is 0.497 e. The van der Waals surface area contributed by atoms with E-state index in [0.29, 0.717) is 17.1 Å². The zero-order valence-corrected chi connectivity index (χ0v) is 17.7. The number of methoxy groups -OCH3 is 1. The number of benzene rings is 2. The second-order valence-corrected chi connectivity index (χ2v) is 8.61. The van der Waals surface area contributed by atoms with Crippen molar-refractivity contribution >= 4 is 15.9 Å². The van der Waals surface area contributed by atoms with Gasteiger partial charge in [-0.3, -0.25) is 4.79 Å². The first-order chi connectivity index (χ1) is 14.3. The quantitative estimate of drug-likeness (QED) is 0.538. The zero-order valence-electron chi connectivity index (χ0n) is 16.8. The molecule has 0 aliphatic heterocycles. The molecular formula is C20H22N4O5S. The van der Waals surface area contributed by atoms with Crippen LogP contribution in [0.4, 0.5) is 0 Å². The molecule has 0 bridgehead atoms. The minimum absolute atomic E-state index is 0.0506. The van der Waals surface area contributed by atoms with Crippen LogP contribution < -0.4 is 4.74 Å². The highest BCUT2D eigenvalue weighted by atomic mass is 32.2. The lowest BCUT2D eigenvalue weighted by atomic mass is 10.2. The maximum Gasteiger partial charge on any atom is 0.246 e. The van der Waals surface area contributed by atoms with Crippen LogP contribution in [0.3, 0.4) is 0 Å². The van der Waals surface area contributed by atoms with Crippen LogP contribution in [0.5, 0.6) is 5.75 Å². The topological polar surface area (TPSA) is 106 Å².